The van der Waals surface area contributed by atoms with E-state index in [0.29, 0.717) is 5.56 Å². The highest BCUT2D eigenvalue weighted by Gasteiger charge is 2.33. The fourth-order valence-electron chi connectivity index (χ4n) is 3.62. The smallest absolute Gasteiger partial charge is 0.351 e. The Morgan fingerprint density at radius 2 is 1.43 bits per heavy atom. The van der Waals surface area contributed by atoms with Crippen molar-refractivity contribution in [1.29, 1.82) is 0 Å². The van der Waals surface area contributed by atoms with Crippen LogP contribution in [0.1, 0.15) is 23.4 Å². The molecule has 0 radical (unpaired) electrons. The number of hydrogen-bond donors (Lipinski definition) is 2. The molecule has 0 saturated carbocycles. The van der Waals surface area contributed by atoms with E-state index >= 15 is 0 Å². The van der Waals surface area contributed by atoms with Gasteiger partial charge in [0.15, 0.2) is 0 Å². The number of hydrogen-bond acceptors (Lipinski definition) is 5. The average Bonchev–Trinajstić information content (AvgIpc) is 3.28. The van der Waals surface area contributed by atoms with E-state index in [1.807, 2.05) is 0 Å². The van der Waals surface area contributed by atoms with E-state index in [9.17, 15) is 35.5 Å². The summed E-state index contributed by atoms with van der Waals surface area (Å²) in [7, 11) is 0. The molecule has 0 spiro atoms. The summed E-state index contributed by atoms with van der Waals surface area (Å²) in [5.74, 6) is -0.442. The van der Waals surface area contributed by atoms with Crippen molar-refractivity contribution in [3.05, 3.63) is 65.7 Å². The molecule has 1 aliphatic heterocycles. The summed E-state index contributed by atoms with van der Waals surface area (Å²) >= 11 is 0. The highest BCUT2D eigenvalue weighted by atomic mass is 35.5. The number of pyridine rings is 3. The predicted octanol–water partition coefficient (Wildman–Crippen LogP) is 4.98. The number of halogens is 8. The second-order valence-corrected chi connectivity index (χ2v) is 8.12. The molecule has 6 nitrogen and oxygen atoms in total. The minimum Gasteiger partial charge on any atom is -0.351 e. The van der Waals surface area contributed by atoms with Gasteiger partial charge in [-0.2, -0.15) is 26.3 Å². The van der Waals surface area contributed by atoms with Crippen molar-refractivity contribution < 1.29 is 35.5 Å². The molecule has 0 aliphatic carbocycles. The Labute approximate surface area is 212 Å². The Morgan fingerprint density at radius 1 is 0.919 bits per heavy atom. The van der Waals surface area contributed by atoms with Gasteiger partial charge in [0.1, 0.15) is 17.6 Å². The molecule has 3 aromatic rings. The number of carbonyl (C=O) groups excluding carboxylic acids is 1. The molecule has 1 saturated heterocycles. The van der Waals surface area contributed by atoms with Crippen molar-refractivity contribution in [3.63, 3.8) is 0 Å². The van der Waals surface area contributed by atoms with Crippen LogP contribution < -0.4 is 10.6 Å². The van der Waals surface area contributed by atoms with Crippen molar-refractivity contribution in [1.82, 2.24) is 25.6 Å². The van der Waals surface area contributed by atoms with E-state index in [1.54, 1.807) is 0 Å². The first-order valence-corrected chi connectivity index (χ1v) is 10.6. The molecule has 0 bridgehead atoms. The fraction of sp³-hybridized carbons (Fsp3) is 0.304. The molecule has 0 aromatic carbocycles. The maximum absolute atomic E-state index is 13.4. The summed E-state index contributed by atoms with van der Waals surface area (Å²) in [6.45, 7) is 0.0160. The highest BCUT2D eigenvalue weighted by molar-refractivity contribution is 5.85. The van der Waals surface area contributed by atoms with Gasteiger partial charge < -0.3 is 10.6 Å². The Kier molecular flexibility index (Phi) is 8.38. The summed E-state index contributed by atoms with van der Waals surface area (Å²) in [5.41, 5.74) is -0.946. The maximum Gasteiger partial charge on any atom is 0.433 e. The van der Waals surface area contributed by atoms with Crippen molar-refractivity contribution in [2.45, 2.75) is 37.5 Å². The third kappa shape index (κ3) is 6.92. The molecule has 4 rings (SSSR count). The monoisotopic (exact) mass is 549 g/mol. The Bertz CT molecular complexity index is 1160. The number of nitrogens with one attached hydrogen (secondary N) is 2. The van der Waals surface area contributed by atoms with Gasteiger partial charge in [-0.05, 0) is 42.0 Å². The zero-order chi connectivity index (χ0) is 26.1. The zero-order valence-electron chi connectivity index (χ0n) is 18.7. The minimum absolute atomic E-state index is 0. The van der Waals surface area contributed by atoms with Crippen LogP contribution in [0.4, 0.5) is 30.7 Å². The van der Waals surface area contributed by atoms with Crippen molar-refractivity contribution >= 4 is 18.3 Å². The van der Waals surface area contributed by atoms with Gasteiger partial charge in [-0.1, -0.05) is 0 Å². The first-order valence-electron chi connectivity index (χ1n) is 10.6. The Balaban J connectivity index is 0.00000380. The van der Waals surface area contributed by atoms with Gasteiger partial charge in [0, 0.05) is 43.0 Å². The summed E-state index contributed by atoms with van der Waals surface area (Å²) < 4.78 is 90.7. The predicted molar refractivity (Wildman–Crippen MR) is 121 cm³/mol. The molecule has 3 aromatic heterocycles. The van der Waals surface area contributed by atoms with Gasteiger partial charge in [-0.3, -0.25) is 14.8 Å². The third-order valence-corrected chi connectivity index (χ3v) is 5.44. The van der Waals surface area contributed by atoms with E-state index in [0.717, 1.165) is 24.5 Å². The van der Waals surface area contributed by atoms with E-state index in [2.05, 4.69) is 25.6 Å². The molecule has 1 fully saturated rings. The average molecular weight is 550 g/mol. The number of rotatable bonds is 5. The number of nitrogens with zero attached hydrogens (tertiary/aromatic N) is 3. The molecule has 0 unspecified atom stereocenters. The molecular formula is C23H19ClF7N5O. The lowest BCUT2D eigenvalue weighted by Gasteiger charge is -2.14. The Hall–Kier alpha value is -3.32. The topological polar surface area (TPSA) is 79.8 Å². The maximum atomic E-state index is 13.4. The summed E-state index contributed by atoms with van der Waals surface area (Å²) in [6, 6.07) is 6.20. The summed E-state index contributed by atoms with van der Waals surface area (Å²) in [4.78, 5) is 23.5. The second-order valence-electron chi connectivity index (χ2n) is 8.12. The van der Waals surface area contributed by atoms with E-state index in [1.165, 1.54) is 24.3 Å². The van der Waals surface area contributed by atoms with Gasteiger partial charge >= 0.3 is 12.4 Å². The van der Waals surface area contributed by atoms with Gasteiger partial charge in [-0.25, -0.2) is 9.37 Å². The van der Waals surface area contributed by atoms with Gasteiger partial charge in [-0.15, -0.1) is 12.4 Å². The normalized spacial score (nSPS) is 17.8. The molecule has 1 aliphatic rings. The highest BCUT2D eigenvalue weighted by Crippen LogP contribution is 2.31. The number of aromatic nitrogens is 3. The number of amides is 1. The Morgan fingerprint density at radius 3 is 1.81 bits per heavy atom. The van der Waals surface area contributed by atoms with Crippen LogP contribution in [0.15, 0.2) is 48.8 Å². The molecule has 2 atom stereocenters. The lowest BCUT2D eigenvalue weighted by atomic mass is 10.1. The molecule has 14 heteroatoms. The van der Waals surface area contributed by atoms with Gasteiger partial charge in [0.2, 0.25) is 5.91 Å². The van der Waals surface area contributed by atoms with Gasteiger partial charge in [0.05, 0.1) is 17.4 Å². The first kappa shape index (κ1) is 28.3. The van der Waals surface area contributed by atoms with Crippen LogP contribution in [-0.2, 0) is 23.7 Å². The van der Waals surface area contributed by atoms with Crippen molar-refractivity contribution in [2.24, 2.45) is 0 Å². The minimum atomic E-state index is -4.64. The van der Waals surface area contributed by atoms with E-state index in [4.69, 9.17) is 0 Å². The second kappa shape index (κ2) is 11.0. The summed E-state index contributed by atoms with van der Waals surface area (Å²) in [6.07, 6.45) is -8.44. The van der Waals surface area contributed by atoms with Crippen molar-refractivity contribution in [3.8, 4) is 22.5 Å². The molecular weight excluding hydrogens is 531 g/mol. The fourth-order valence-corrected chi connectivity index (χ4v) is 3.62. The largest absolute Gasteiger partial charge is 0.433 e. The van der Waals surface area contributed by atoms with Crippen molar-refractivity contribution in [2.75, 3.05) is 6.54 Å². The third-order valence-electron chi connectivity index (χ3n) is 5.44. The lowest BCUT2D eigenvalue weighted by molar-refractivity contribution is -0.141. The number of alkyl halides is 7. The quantitative estimate of drug-likeness (QED) is 0.439. The zero-order valence-corrected chi connectivity index (χ0v) is 19.5. The standard InChI is InChI=1S/C23H18F7N5O.ClH/c24-15-7-18(31-11-15)21(36)34-8-12-5-16(13-1-3-19(32-9-13)22(25,26)27)35-17(6-12)14-2-4-20(33-10-14)23(28,29)30;/h1-6,9-10,15,18,31H,7-8,11H2,(H,34,36);1H/t15-,18+;/m1./s1. The SMILES string of the molecule is Cl.O=C(NCc1cc(-c2ccc(C(F)(F)F)nc2)nc(-c2ccc(C(F)(F)F)nc2)c1)[C@@H]1C[C@@H](F)CN1. The van der Waals surface area contributed by atoms with Crippen LogP contribution in [-0.4, -0.2) is 39.6 Å². The van der Waals surface area contributed by atoms with Crippen LogP contribution in [0.3, 0.4) is 0 Å². The number of carbonyl (C=O) groups is 1. The van der Waals surface area contributed by atoms with Crippen LogP contribution in [0, 0.1) is 0 Å². The molecule has 37 heavy (non-hydrogen) atoms. The molecule has 198 valence electrons. The van der Waals surface area contributed by atoms with Gasteiger partial charge in [0.25, 0.3) is 0 Å². The first-order chi connectivity index (χ1) is 16.9. The van der Waals surface area contributed by atoms with Crippen LogP contribution in [0.5, 0.6) is 0 Å². The van der Waals surface area contributed by atoms with E-state index in [-0.39, 0.29) is 54.4 Å². The van der Waals surface area contributed by atoms with Crippen LogP contribution in [0.25, 0.3) is 22.5 Å². The molecule has 1 amide bonds. The van der Waals surface area contributed by atoms with Crippen LogP contribution >= 0.6 is 12.4 Å². The van der Waals surface area contributed by atoms with E-state index < -0.39 is 41.9 Å². The molecule has 2 N–H and O–H groups in total. The lowest BCUT2D eigenvalue weighted by Crippen LogP contribution is -2.40. The summed E-state index contributed by atoms with van der Waals surface area (Å²) in [5, 5.41) is 5.40. The van der Waals surface area contributed by atoms with Crippen LogP contribution in [0.2, 0.25) is 0 Å². The molecule has 4 heterocycles.